The fourth-order valence-electron chi connectivity index (χ4n) is 1.93. The maximum Gasteiger partial charge on any atom is 0.0487 e. The van der Waals surface area contributed by atoms with Gasteiger partial charge in [0.25, 0.3) is 0 Å². The van der Waals surface area contributed by atoms with Crippen LogP contribution in [0.2, 0.25) is 25.7 Å². The smallest absolute Gasteiger partial charge is 0.0487 e. The summed E-state index contributed by atoms with van der Waals surface area (Å²) in [5, 5.41) is 0. The van der Waals surface area contributed by atoms with Gasteiger partial charge in [-0.1, -0.05) is 62.1 Å². The predicted octanol–water partition coefficient (Wildman–Crippen LogP) is 5.37. The molecule has 1 rings (SSSR count). The first kappa shape index (κ1) is 14.0. The molecule has 1 aromatic carbocycles. The number of hydrogen-bond acceptors (Lipinski definition) is 0. The van der Waals surface area contributed by atoms with Gasteiger partial charge in [-0.05, 0) is 36.6 Å². The molecule has 1 aromatic rings. The van der Waals surface area contributed by atoms with Gasteiger partial charge in [-0.3, -0.25) is 0 Å². The van der Waals surface area contributed by atoms with E-state index in [4.69, 9.17) is 0 Å². The second kappa shape index (κ2) is 5.50. The van der Waals surface area contributed by atoms with Crippen molar-refractivity contribution in [2.24, 2.45) is 0 Å². The lowest BCUT2D eigenvalue weighted by atomic mass is 9.97. The highest BCUT2D eigenvalue weighted by molar-refractivity contribution is 6.76. The highest BCUT2D eigenvalue weighted by atomic mass is 28.3. The van der Waals surface area contributed by atoms with Crippen molar-refractivity contribution in [1.82, 2.24) is 0 Å². The lowest BCUT2D eigenvalue weighted by Gasteiger charge is -2.22. The minimum Gasteiger partial charge on any atom is -0.0909 e. The molecule has 0 spiro atoms. The molecule has 0 aliphatic carbocycles. The Morgan fingerprint density at radius 3 is 2.00 bits per heavy atom. The third-order valence-corrected chi connectivity index (χ3v) is 4.21. The monoisotopic (exact) mass is 244 g/mol. The van der Waals surface area contributed by atoms with Crippen LogP contribution in [0.5, 0.6) is 0 Å². The summed E-state index contributed by atoms with van der Waals surface area (Å²) in [6.07, 6.45) is 0. The molecule has 0 aromatic heterocycles. The first-order valence-corrected chi connectivity index (χ1v) is 9.93. The fraction of sp³-hybridized carbons (Fsp3) is 0.375. The highest BCUT2D eigenvalue weighted by Crippen LogP contribution is 2.30. The Labute approximate surface area is 107 Å². The molecule has 0 unspecified atom stereocenters. The van der Waals surface area contributed by atoms with Crippen molar-refractivity contribution in [3.63, 3.8) is 0 Å². The molecule has 1 heteroatoms. The predicted molar refractivity (Wildman–Crippen MR) is 82.0 cm³/mol. The number of rotatable bonds is 4. The van der Waals surface area contributed by atoms with E-state index in [1.54, 1.807) is 0 Å². The Bertz CT molecular complexity index is 415. The summed E-state index contributed by atoms with van der Waals surface area (Å²) in [5.74, 6) is 0. The van der Waals surface area contributed by atoms with E-state index in [2.05, 4.69) is 70.4 Å². The van der Waals surface area contributed by atoms with E-state index in [0.717, 1.165) is 0 Å². The molecule has 17 heavy (non-hydrogen) atoms. The number of hydrogen-bond donors (Lipinski definition) is 0. The van der Waals surface area contributed by atoms with Gasteiger partial charge in [-0.15, -0.1) is 0 Å². The lowest BCUT2D eigenvalue weighted by Crippen LogP contribution is -2.20. The van der Waals surface area contributed by atoms with E-state index < -0.39 is 8.07 Å². The molecule has 0 radical (unpaired) electrons. The molecule has 0 nitrogen and oxygen atoms in total. The molecule has 0 heterocycles. The van der Waals surface area contributed by atoms with Crippen LogP contribution in [0.15, 0.2) is 48.1 Å². The molecular weight excluding hydrogens is 220 g/mol. The molecule has 0 atom stereocenters. The zero-order valence-corrected chi connectivity index (χ0v) is 12.8. The second-order valence-corrected chi connectivity index (χ2v) is 11.5. The number of benzene rings is 1. The summed E-state index contributed by atoms with van der Waals surface area (Å²) < 4.78 is 0. The van der Waals surface area contributed by atoms with Crippen LogP contribution in [-0.2, 0) is 0 Å². The van der Waals surface area contributed by atoms with Gasteiger partial charge in [0, 0.05) is 8.07 Å². The maximum atomic E-state index is 4.30. The Balaban J connectivity index is 3.03. The lowest BCUT2D eigenvalue weighted by molar-refractivity contribution is 1.26. The van der Waals surface area contributed by atoms with Crippen LogP contribution in [0.1, 0.15) is 19.4 Å². The average Bonchev–Trinajstić information content (AvgIpc) is 2.25. The van der Waals surface area contributed by atoms with E-state index in [1.165, 1.54) is 28.3 Å². The summed E-state index contributed by atoms with van der Waals surface area (Å²) >= 11 is 0. The van der Waals surface area contributed by atoms with Gasteiger partial charge in [-0.25, -0.2) is 0 Å². The minimum absolute atomic E-state index is 1.10. The standard InChI is InChI=1S/C16H24Si/c1-13(2)16(12-17(4,5)6)14(3)15-10-8-7-9-11-15/h7-11H,3,12H2,1-2,4-6H3. The molecule has 92 valence electrons. The van der Waals surface area contributed by atoms with Crippen LogP contribution < -0.4 is 0 Å². The average molecular weight is 244 g/mol. The summed E-state index contributed by atoms with van der Waals surface area (Å²) in [5.41, 5.74) is 5.31. The van der Waals surface area contributed by atoms with Crippen LogP contribution in [0.25, 0.3) is 5.57 Å². The largest absolute Gasteiger partial charge is 0.0909 e. The molecule has 0 N–H and O–H groups in total. The van der Waals surface area contributed by atoms with Crippen LogP contribution in [-0.4, -0.2) is 8.07 Å². The molecule has 0 fully saturated rings. The van der Waals surface area contributed by atoms with Crippen LogP contribution in [0.3, 0.4) is 0 Å². The summed E-state index contributed by atoms with van der Waals surface area (Å²) in [6.45, 7) is 15.9. The van der Waals surface area contributed by atoms with Crippen molar-refractivity contribution in [3.8, 4) is 0 Å². The third-order valence-electron chi connectivity index (χ3n) is 2.80. The van der Waals surface area contributed by atoms with Crippen molar-refractivity contribution < 1.29 is 0 Å². The SMILES string of the molecule is C=C(C(C[Si](C)(C)C)=C(C)C)c1ccccc1. The Morgan fingerprint density at radius 2 is 1.59 bits per heavy atom. The highest BCUT2D eigenvalue weighted by Gasteiger charge is 2.18. The summed E-state index contributed by atoms with van der Waals surface area (Å²) in [6, 6.07) is 11.7. The van der Waals surface area contributed by atoms with Gasteiger partial charge in [0.2, 0.25) is 0 Å². The van der Waals surface area contributed by atoms with E-state index in [-0.39, 0.29) is 0 Å². The van der Waals surface area contributed by atoms with Gasteiger partial charge in [0.05, 0.1) is 0 Å². The maximum absolute atomic E-state index is 4.30. The fourth-order valence-corrected chi connectivity index (χ4v) is 3.56. The van der Waals surface area contributed by atoms with Crippen LogP contribution >= 0.6 is 0 Å². The van der Waals surface area contributed by atoms with Gasteiger partial charge in [-0.2, -0.15) is 0 Å². The molecule has 0 aliphatic rings. The van der Waals surface area contributed by atoms with Crippen LogP contribution in [0, 0.1) is 0 Å². The zero-order valence-electron chi connectivity index (χ0n) is 11.8. The normalized spacial score (nSPS) is 11.1. The quantitative estimate of drug-likeness (QED) is 0.493. The first-order valence-electron chi connectivity index (χ1n) is 6.22. The second-order valence-electron chi connectivity index (χ2n) is 6.06. The van der Waals surface area contributed by atoms with Gasteiger partial charge >= 0.3 is 0 Å². The topological polar surface area (TPSA) is 0 Å². The zero-order chi connectivity index (χ0) is 13.1. The van der Waals surface area contributed by atoms with E-state index in [0.29, 0.717) is 0 Å². The molecular formula is C16H24Si. The molecule has 0 amide bonds. The van der Waals surface area contributed by atoms with Crippen molar-refractivity contribution >= 4 is 13.6 Å². The van der Waals surface area contributed by atoms with Gasteiger partial charge in [0.1, 0.15) is 0 Å². The van der Waals surface area contributed by atoms with Crippen molar-refractivity contribution in [2.45, 2.75) is 39.5 Å². The molecule has 0 bridgehead atoms. The van der Waals surface area contributed by atoms with Crippen LogP contribution in [0.4, 0.5) is 0 Å². The molecule has 0 aliphatic heterocycles. The van der Waals surface area contributed by atoms with Crippen molar-refractivity contribution in [1.29, 1.82) is 0 Å². The summed E-state index contributed by atoms with van der Waals surface area (Å²) in [4.78, 5) is 0. The molecule has 0 saturated carbocycles. The van der Waals surface area contributed by atoms with E-state index >= 15 is 0 Å². The van der Waals surface area contributed by atoms with E-state index in [9.17, 15) is 0 Å². The number of allylic oxidation sites excluding steroid dienone is 3. The van der Waals surface area contributed by atoms with Crippen molar-refractivity contribution in [2.75, 3.05) is 0 Å². The Kier molecular flexibility index (Phi) is 4.52. The first-order chi connectivity index (χ1) is 7.81. The van der Waals surface area contributed by atoms with Crippen molar-refractivity contribution in [3.05, 3.63) is 53.6 Å². The summed E-state index contributed by atoms with van der Waals surface area (Å²) in [7, 11) is -1.10. The van der Waals surface area contributed by atoms with Gasteiger partial charge < -0.3 is 0 Å². The third kappa shape index (κ3) is 4.35. The van der Waals surface area contributed by atoms with E-state index in [1.807, 2.05) is 0 Å². The van der Waals surface area contributed by atoms with Gasteiger partial charge in [0.15, 0.2) is 0 Å². The molecule has 0 saturated heterocycles. The minimum atomic E-state index is -1.10. The Morgan fingerprint density at radius 1 is 1.06 bits per heavy atom. The Hall–Kier alpha value is -1.08.